The van der Waals surface area contributed by atoms with Crippen molar-refractivity contribution in [2.75, 3.05) is 18.5 Å². The zero-order valence-electron chi connectivity index (χ0n) is 11.8. The van der Waals surface area contributed by atoms with Gasteiger partial charge >= 0.3 is 0 Å². The van der Waals surface area contributed by atoms with E-state index in [4.69, 9.17) is 4.42 Å². The highest BCUT2D eigenvalue weighted by Gasteiger charge is 2.08. The highest BCUT2D eigenvalue weighted by molar-refractivity contribution is 5.41. The minimum atomic E-state index is 0.342. The van der Waals surface area contributed by atoms with Crippen LogP contribution in [0.4, 0.5) is 5.82 Å². The van der Waals surface area contributed by atoms with Crippen LogP contribution in [0.5, 0.6) is 0 Å². The lowest BCUT2D eigenvalue weighted by Gasteiger charge is -2.19. The fourth-order valence-corrected chi connectivity index (χ4v) is 2.07. The Labute approximate surface area is 114 Å². The first-order chi connectivity index (χ1) is 9.20. The number of anilines is 1. The molecule has 2 rings (SSSR count). The third-order valence-electron chi connectivity index (χ3n) is 3.17. The Kier molecular flexibility index (Phi) is 4.58. The quantitative estimate of drug-likeness (QED) is 0.866. The normalized spacial score (nSPS) is 12.4. The van der Waals surface area contributed by atoms with Crippen LogP contribution in [0.2, 0.25) is 0 Å². The Morgan fingerprint density at radius 3 is 2.95 bits per heavy atom. The highest BCUT2D eigenvalue weighted by Crippen LogP contribution is 2.18. The molecule has 0 amide bonds. The van der Waals surface area contributed by atoms with E-state index in [-0.39, 0.29) is 0 Å². The second-order valence-electron chi connectivity index (χ2n) is 4.71. The van der Waals surface area contributed by atoms with Crippen LogP contribution in [0.1, 0.15) is 31.0 Å². The molecule has 0 aliphatic rings. The summed E-state index contributed by atoms with van der Waals surface area (Å²) in [7, 11) is 2.04. The van der Waals surface area contributed by atoms with E-state index in [0.717, 1.165) is 24.5 Å². The summed E-state index contributed by atoms with van der Waals surface area (Å²) in [5.74, 6) is 0.975. The molecular weight excluding hydrogens is 238 g/mol. The molecule has 0 saturated heterocycles. The van der Waals surface area contributed by atoms with Crippen LogP contribution < -0.4 is 10.2 Å². The van der Waals surface area contributed by atoms with Crippen LogP contribution in [0.25, 0.3) is 0 Å². The monoisotopic (exact) mass is 259 g/mol. The molecule has 0 saturated carbocycles. The van der Waals surface area contributed by atoms with Crippen molar-refractivity contribution in [3.05, 3.63) is 48.0 Å². The number of hydrogen-bond acceptors (Lipinski definition) is 4. The first kappa shape index (κ1) is 13.6. The molecule has 2 heterocycles. The fourth-order valence-electron chi connectivity index (χ4n) is 2.07. The SMILES string of the molecule is CCNC(C)c1ccnc(N(C)Cc2ccoc2)c1. The minimum Gasteiger partial charge on any atom is -0.472 e. The molecule has 102 valence electrons. The van der Waals surface area contributed by atoms with Crippen LogP contribution in [0.15, 0.2) is 41.3 Å². The smallest absolute Gasteiger partial charge is 0.128 e. The van der Waals surface area contributed by atoms with Crippen molar-refractivity contribution in [1.29, 1.82) is 0 Å². The van der Waals surface area contributed by atoms with Gasteiger partial charge in [0.15, 0.2) is 0 Å². The van der Waals surface area contributed by atoms with Gasteiger partial charge in [0, 0.05) is 31.4 Å². The summed E-state index contributed by atoms with van der Waals surface area (Å²) in [6.45, 7) is 6.04. The van der Waals surface area contributed by atoms with Crippen molar-refractivity contribution in [3.63, 3.8) is 0 Å². The molecule has 1 N–H and O–H groups in total. The van der Waals surface area contributed by atoms with Crippen molar-refractivity contribution < 1.29 is 4.42 Å². The summed E-state index contributed by atoms with van der Waals surface area (Å²) in [4.78, 5) is 6.55. The van der Waals surface area contributed by atoms with Gasteiger partial charge in [0.05, 0.1) is 12.5 Å². The lowest BCUT2D eigenvalue weighted by molar-refractivity contribution is 0.563. The third-order valence-corrected chi connectivity index (χ3v) is 3.17. The molecule has 2 aromatic heterocycles. The molecule has 4 heteroatoms. The number of hydrogen-bond donors (Lipinski definition) is 1. The molecule has 4 nitrogen and oxygen atoms in total. The van der Waals surface area contributed by atoms with Crippen molar-refractivity contribution >= 4 is 5.82 Å². The van der Waals surface area contributed by atoms with E-state index in [1.807, 2.05) is 19.3 Å². The maximum absolute atomic E-state index is 5.09. The first-order valence-electron chi connectivity index (χ1n) is 6.62. The molecule has 0 aliphatic carbocycles. The standard InChI is InChI=1S/C15H21N3O/c1-4-16-12(2)14-5-7-17-15(9-14)18(3)10-13-6-8-19-11-13/h5-9,11-12,16H,4,10H2,1-3H3. The van der Waals surface area contributed by atoms with E-state index in [1.165, 1.54) is 5.56 Å². The van der Waals surface area contributed by atoms with Gasteiger partial charge in [-0.25, -0.2) is 4.98 Å². The second kappa shape index (κ2) is 6.38. The van der Waals surface area contributed by atoms with Gasteiger partial charge < -0.3 is 14.6 Å². The molecule has 0 radical (unpaired) electrons. The van der Waals surface area contributed by atoms with Gasteiger partial charge in [-0.3, -0.25) is 0 Å². The summed E-state index contributed by atoms with van der Waals surface area (Å²) >= 11 is 0. The molecule has 1 unspecified atom stereocenters. The van der Waals surface area contributed by atoms with Crippen molar-refractivity contribution in [3.8, 4) is 0 Å². The predicted molar refractivity (Wildman–Crippen MR) is 77.1 cm³/mol. The molecule has 0 aliphatic heterocycles. The van der Waals surface area contributed by atoms with Crippen molar-refractivity contribution in [2.45, 2.75) is 26.4 Å². The van der Waals surface area contributed by atoms with Crippen LogP contribution in [-0.2, 0) is 6.54 Å². The molecule has 1 atom stereocenters. The van der Waals surface area contributed by atoms with Crippen LogP contribution in [-0.4, -0.2) is 18.6 Å². The van der Waals surface area contributed by atoms with E-state index >= 15 is 0 Å². The second-order valence-corrected chi connectivity index (χ2v) is 4.71. The van der Waals surface area contributed by atoms with Gasteiger partial charge in [-0.1, -0.05) is 6.92 Å². The van der Waals surface area contributed by atoms with Gasteiger partial charge in [-0.15, -0.1) is 0 Å². The lowest BCUT2D eigenvalue weighted by Crippen LogP contribution is -2.20. The van der Waals surface area contributed by atoms with Gasteiger partial charge in [0.1, 0.15) is 5.82 Å². The average molecular weight is 259 g/mol. The van der Waals surface area contributed by atoms with Crippen LogP contribution in [0, 0.1) is 0 Å². The summed E-state index contributed by atoms with van der Waals surface area (Å²) in [5.41, 5.74) is 2.40. The summed E-state index contributed by atoms with van der Waals surface area (Å²) < 4.78 is 5.09. The number of nitrogens with one attached hydrogen (secondary N) is 1. The Balaban J connectivity index is 2.09. The predicted octanol–water partition coefficient (Wildman–Crippen LogP) is 2.98. The molecule has 19 heavy (non-hydrogen) atoms. The first-order valence-corrected chi connectivity index (χ1v) is 6.62. The van der Waals surface area contributed by atoms with E-state index in [1.54, 1.807) is 12.5 Å². The number of aromatic nitrogens is 1. The average Bonchev–Trinajstić information content (AvgIpc) is 2.92. The van der Waals surface area contributed by atoms with Crippen LogP contribution in [0.3, 0.4) is 0 Å². The molecule has 0 fully saturated rings. The van der Waals surface area contributed by atoms with E-state index in [2.05, 4.69) is 41.2 Å². The molecular formula is C15H21N3O. The zero-order chi connectivity index (χ0) is 13.7. The molecule has 0 bridgehead atoms. The Hall–Kier alpha value is -1.81. The van der Waals surface area contributed by atoms with Gasteiger partial charge in [0.25, 0.3) is 0 Å². The number of pyridine rings is 1. The van der Waals surface area contributed by atoms with Crippen LogP contribution >= 0.6 is 0 Å². The van der Waals surface area contributed by atoms with E-state index in [0.29, 0.717) is 6.04 Å². The van der Waals surface area contributed by atoms with Gasteiger partial charge in [-0.05, 0) is 37.2 Å². The largest absolute Gasteiger partial charge is 0.472 e. The third kappa shape index (κ3) is 3.58. The summed E-state index contributed by atoms with van der Waals surface area (Å²) in [6, 6.07) is 6.51. The van der Waals surface area contributed by atoms with Crippen molar-refractivity contribution in [1.82, 2.24) is 10.3 Å². The van der Waals surface area contributed by atoms with E-state index in [9.17, 15) is 0 Å². The molecule has 0 spiro atoms. The zero-order valence-corrected chi connectivity index (χ0v) is 11.8. The minimum absolute atomic E-state index is 0.342. The highest BCUT2D eigenvalue weighted by atomic mass is 16.3. The molecule has 0 aromatic carbocycles. The maximum Gasteiger partial charge on any atom is 0.128 e. The Morgan fingerprint density at radius 2 is 2.26 bits per heavy atom. The number of nitrogens with zero attached hydrogens (tertiary/aromatic N) is 2. The van der Waals surface area contributed by atoms with Gasteiger partial charge in [0.2, 0.25) is 0 Å². The summed E-state index contributed by atoms with van der Waals surface area (Å²) in [6.07, 6.45) is 5.33. The summed E-state index contributed by atoms with van der Waals surface area (Å²) in [5, 5.41) is 3.41. The maximum atomic E-state index is 5.09. The number of furan rings is 1. The van der Waals surface area contributed by atoms with Gasteiger partial charge in [-0.2, -0.15) is 0 Å². The number of rotatable bonds is 6. The topological polar surface area (TPSA) is 41.3 Å². The Bertz CT molecular complexity index is 496. The Morgan fingerprint density at radius 1 is 1.42 bits per heavy atom. The fraction of sp³-hybridized carbons (Fsp3) is 0.400. The van der Waals surface area contributed by atoms with E-state index < -0.39 is 0 Å². The lowest BCUT2D eigenvalue weighted by atomic mass is 10.1. The molecule has 2 aromatic rings. The van der Waals surface area contributed by atoms with Crippen molar-refractivity contribution in [2.24, 2.45) is 0 Å².